The summed E-state index contributed by atoms with van der Waals surface area (Å²) in [6, 6.07) is 4.60. The number of rotatable bonds is 7. The highest BCUT2D eigenvalue weighted by molar-refractivity contribution is 6.32. The average molecular weight is 316 g/mol. The van der Waals surface area contributed by atoms with E-state index in [1.807, 2.05) is 6.20 Å². The molecule has 0 saturated heterocycles. The first-order valence-electron chi connectivity index (χ1n) is 6.58. The second-order valence-electron chi connectivity index (χ2n) is 4.41. The van der Waals surface area contributed by atoms with Crippen molar-refractivity contribution in [3.63, 3.8) is 0 Å². The monoisotopic (exact) mass is 315 g/mol. The summed E-state index contributed by atoms with van der Waals surface area (Å²) in [4.78, 5) is 4.27. The molecule has 0 aliphatic carbocycles. The Hall–Kier alpha value is -1.82. The highest BCUT2D eigenvalue weighted by atomic mass is 35.5. The minimum atomic E-state index is -2.89. The van der Waals surface area contributed by atoms with Gasteiger partial charge >= 0.3 is 6.61 Å². The van der Waals surface area contributed by atoms with Crippen molar-refractivity contribution in [2.24, 2.45) is 0 Å². The lowest BCUT2D eigenvalue weighted by Gasteiger charge is -2.11. The van der Waals surface area contributed by atoms with Gasteiger partial charge in [0.2, 0.25) is 0 Å². The summed E-state index contributed by atoms with van der Waals surface area (Å²) < 4.78 is 30.6. The molecular formula is C14H16ClF2N3O. The van der Waals surface area contributed by atoms with Crippen LogP contribution in [0.4, 0.5) is 14.5 Å². The van der Waals surface area contributed by atoms with E-state index in [-0.39, 0.29) is 10.8 Å². The van der Waals surface area contributed by atoms with Crippen molar-refractivity contribution in [1.29, 1.82) is 0 Å². The molecule has 0 saturated carbocycles. The number of imidazole rings is 1. The topological polar surface area (TPSA) is 39.1 Å². The van der Waals surface area contributed by atoms with Gasteiger partial charge in [0.15, 0.2) is 0 Å². The first-order valence-corrected chi connectivity index (χ1v) is 6.96. The summed E-state index contributed by atoms with van der Waals surface area (Å²) in [5, 5.41) is 3.29. The standard InChI is InChI=1S/C14H16ClF2N3O/c1-2-6-20-7-5-18-13(20)9-19-10-3-4-12(11(15)8-10)21-14(16)17/h3-5,7-8,14,19H,2,6,9H2,1H3. The second kappa shape index (κ2) is 7.26. The maximum Gasteiger partial charge on any atom is 0.387 e. The Morgan fingerprint density at radius 2 is 2.24 bits per heavy atom. The van der Waals surface area contributed by atoms with Crippen LogP contribution < -0.4 is 10.1 Å². The van der Waals surface area contributed by atoms with Crippen LogP contribution in [0.15, 0.2) is 30.6 Å². The van der Waals surface area contributed by atoms with Gasteiger partial charge in [0.05, 0.1) is 11.6 Å². The van der Waals surface area contributed by atoms with Gasteiger partial charge in [-0.3, -0.25) is 0 Å². The molecule has 0 aliphatic rings. The van der Waals surface area contributed by atoms with Crippen molar-refractivity contribution >= 4 is 17.3 Å². The third kappa shape index (κ3) is 4.32. The fraction of sp³-hybridized carbons (Fsp3) is 0.357. The van der Waals surface area contributed by atoms with Crippen LogP contribution in [-0.4, -0.2) is 16.2 Å². The first kappa shape index (κ1) is 15.6. The summed E-state index contributed by atoms with van der Waals surface area (Å²) in [6.07, 6.45) is 4.70. The van der Waals surface area contributed by atoms with Gasteiger partial charge < -0.3 is 14.6 Å². The minimum absolute atomic E-state index is 0.0373. The molecule has 1 aromatic heterocycles. The van der Waals surface area contributed by atoms with Crippen LogP contribution in [0.1, 0.15) is 19.2 Å². The predicted molar refractivity (Wildman–Crippen MR) is 77.9 cm³/mol. The van der Waals surface area contributed by atoms with Gasteiger partial charge in [0.25, 0.3) is 0 Å². The van der Waals surface area contributed by atoms with E-state index < -0.39 is 6.61 Å². The molecule has 0 radical (unpaired) electrons. The van der Waals surface area contributed by atoms with Crippen LogP contribution in [0.2, 0.25) is 5.02 Å². The molecule has 114 valence electrons. The quantitative estimate of drug-likeness (QED) is 0.834. The molecule has 1 N–H and O–H groups in total. The lowest BCUT2D eigenvalue weighted by atomic mass is 10.3. The lowest BCUT2D eigenvalue weighted by molar-refractivity contribution is -0.0497. The van der Waals surface area contributed by atoms with Crippen LogP contribution in [0.25, 0.3) is 0 Å². The smallest absolute Gasteiger partial charge is 0.387 e. The van der Waals surface area contributed by atoms with E-state index in [0.29, 0.717) is 12.2 Å². The van der Waals surface area contributed by atoms with E-state index in [9.17, 15) is 8.78 Å². The van der Waals surface area contributed by atoms with Gasteiger partial charge in [-0.2, -0.15) is 8.78 Å². The molecule has 0 fully saturated rings. The molecule has 4 nitrogen and oxygen atoms in total. The Morgan fingerprint density at radius 3 is 2.90 bits per heavy atom. The van der Waals surface area contributed by atoms with E-state index >= 15 is 0 Å². The van der Waals surface area contributed by atoms with Gasteiger partial charge in [-0.1, -0.05) is 18.5 Å². The molecular weight excluding hydrogens is 300 g/mol. The zero-order valence-electron chi connectivity index (χ0n) is 11.5. The van der Waals surface area contributed by atoms with Gasteiger partial charge in [-0.25, -0.2) is 4.98 Å². The van der Waals surface area contributed by atoms with Crippen LogP contribution in [-0.2, 0) is 13.1 Å². The highest BCUT2D eigenvalue weighted by Gasteiger charge is 2.09. The number of ether oxygens (including phenoxy) is 1. The third-order valence-electron chi connectivity index (χ3n) is 2.86. The summed E-state index contributed by atoms with van der Waals surface area (Å²) in [5.74, 6) is 0.866. The number of halogens is 3. The van der Waals surface area contributed by atoms with Gasteiger partial charge in [-0.15, -0.1) is 0 Å². The molecule has 21 heavy (non-hydrogen) atoms. The maximum atomic E-state index is 12.1. The van der Waals surface area contributed by atoms with Crippen molar-refractivity contribution in [1.82, 2.24) is 9.55 Å². The Labute approximate surface area is 126 Å². The Morgan fingerprint density at radius 1 is 1.43 bits per heavy atom. The molecule has 2 aromatic rings. The van der Waals surface area contributed by atoms with Gasteiger partial charge in [0.1, 0.15) is 11.6 Å². The molecule has 1 heterocycles. The fourth-order valence-corrected chi connectivity index (χ4v) is 2.16. The Bertz CT molecular complexity index is 589. The number of hydrogen-bond acceptors (Lipinski definition) is 3. The van der Waals surface area contributed by atoms with Gasteiger partial charge in [0, 0.05) is 24.6 Å². The summed E-state index contributed by atoms with van der Waals surface area (Å²) in [5.41, 5.74) is 0.715. The van der Waals surface area contributed by atoms with Crippen LogP contribution in [0.5, 0.6) is 5.75 Å². The molecule has 0 amide bonds. The number of nitrogens with one attached hydrogen (secondary N) is 1. The average Bonchev–Trinajstić information content (AvgIpc) is 2.87. The zero-order valence-corrected chi connectivity index (χ0v) is 12.3. The molecule has 0 spiro atoms. The van der Waals surface area contributed by atoms with E-state index in [2.05, 4.69) is 26.5 Å². The van der Waals surface area contributed by atoms with E-state index in [1.54, 1.807) is 18.3 Å². The number of anilines is 1. The lowest BCUT2D eigenvalue weighted by Crippen LogP contribution is -2.08. The predicted octanol–water partition coefficient (Wildman–Crippen LogP) is 4.16. The van der Waals surface area contributed by atoms with E-state index in [4.69, 9.17) is 11.6 Å². The van der Waals surface area contributed by atoms with Crippen molar-refractivity contribution in [3.8, 4) is 5.75 Å². The molecule has 0 unspecified atom stereocenters. The Balaban J connectivity index is 2.00. The molecule has 0 aliphatic heterocycles. The number of benzene rings is 1. The van der Waals surface area contributed by atoms with Crippen molar-refractivity contribution < 1.29 is 13.5 Å². The largest absolute Gasteiger partial charge is 0.433 e. The molecule has 1 aromatic carbocycles. The van der Waals surface area contributed by atoms with Crippen molar-refractivity contribution in [2.75, 3.05) is 5.32 Å². The zero-order chi connectivity index (χ0) is 15.2. The number of aromatic nitrogens is 2. The number of nitrogens with zero attached hydrogens (tertiary/aromatic N) is 2. The van der Waals surface area contributed by atoms with E-state index in [0.717, 1.165) is 18.8 Å². The summed E-state index contributed by atoms with van der Waals surface area (Å²) in [6.45, 7) is 0.638. The first-order chi connectivity index (χ1) is 10.1. The van der Waals surface area contributed by atoms with Gasteiger partial charge in [-0.05, 0) is 24.6 Å². The number of hydrogen-bond donors (Lipinski definition) is 1. The van der Waals surface area contributed by atoms with Crippen molar-refractivity contribution in [2.45, 2.75) is 33.0 Å². The fourth-order valence-electron chi connectivity index (χ4n) is 1.94. The van der Waals surface area contributed by atoms with Crippen LogP contribution in [0, 0.1) is 0 Å². The summed E-state index contributed by atoms with van der Waals surface area (Å²) >= 11 is 5.90. The molecule has 0 bridgehead atoms. The molecule has 0 atom stereocenters. The second-order valence-corrected chi connectivity index (χ2v) is 4.82. The van der Waals surface area contributed by atoms with E-state index in [1.165, 1.54) is 6.07 Å². The van der Waals surface area contributed by atoms with Crippen LogP contribution in [0.3, 0.4) is 0 Å². The number of aryl methyl sites for hydroxylation is 1. The van der Waals surface area contributed by atoms with Crippen LogP contribution >= 0.6 is 11.6 Å². The van der Waals surface area contributed by atoms with Crippen molar-refractivity contribution in [3.05, 3.63) is 41.4 Å². The normalized spacial score (nSPS) is 10.9. The Kier molecular flexibility index (Phi) is 5.38. The highest BCUT2D eigenvalue weighted by Crippen LogP contribution is 2.29. The molecule has 2 rings (SSSR count). The third-order valence-corrected chi connectivity index (χ3v) is 3.16. The SMILES string of the molecule is CCCn1ccnc1CNc1ccc(OC(F)F)c(Cl)c1. The summed E-state index contributed by atoms with van der Waals surface area (Å²) in [7, 11) is 0. The maximum absolute atomic E-state index is 12.1. The minimum Gasteiger partial charge on any atom is -0.433 e. The molecule has 7 heteroatoms. The number of alkyl halides is 2.